The molecule has 6 heteroatoms. The van der Waals surface area contributed by atoms with E-state index in [1.54, 1.807) is 54.0 Å². The molecule has 0 spiro atoms. The zero-order chi connectivity index (χ0) is 17.6. The number of amides is 1. The Kier molecular flexibility index (Phi) is 5.20. The van der Waals surface area contributed by atoms with Crippen LogP contribution < -0.4 is 10.1 Å². The molecule has 3 aromatic rings. The van der Waals surface area contributed by atoms with Gasteiger partial charge in [-0.15, -0.1) is 11.3 Å². The van der Waals surface area contributed by atoms with Crippen molar-refractivity contribution in [2.75, 3.05) is 5.32 Å². The fourth-order valence-electron chi connectivity index (χ4n) is 2.18. The number of hydrogen-bond donors (Lipinski definition) is 1. The summed E-state index contributed by atoms with van der Waals surface area (Å²) in [6, 6.07) is 13.8. The zero-order valence-corrected chi connectivity index (χ0v) is 14.4. The molecule has 126 valence electrons. The number of nitrogens with zero attached hydrogens (tertiary/aromatic N) is 1. The van der Waals surface area contributed by atoms with Crippen LogP contribution >= 0.6 is 11.3 Å². The van der Waals surface area contributed by atoms with Crippen molar-refractivity contribution >= 4 is 28.7 Å². The molecule has 1 amide bonds. The molecule has 3 rings (SSSR count). The minimum atomic E-state index is -0.241. The Morgan fingerprint density at radius 1 is 1.12 bits per heavy atom. The SMILES string of the molecule is CC(=O)c1ccc(NC(=O)c2cccc(OCc3cscn3)c2)cc1. The van der Waals surface area contributed by atoms with Gasteiger partial charge >= 0.3 is 0 Å². The molecule has 0 radical (unpaired) electrons. The Labute approximate surface area is 149 Å². The number of rotatable bonds is 6. The van der Waals surface area contributed by atoms with E-state index >= 15 is 0 Å². The van der Waals surface area contributed by atoms with Crippen molar-refractivity contribution in [3.8, 4) is 5.75 Å². The van der Waals surface area contributed by atoms with Crippen molar-refractivity contribution in [1.29, 1.82) is 0 Å². The molecule has 0 bridgehead atoms. The van der Waals surface area contributed by atoms with E-state index in [9.17, 15) is 9.59 Å². The van der Waals surface area contributed by atoms with Gasteiger partial charge in [-0.25, -0.2) is 4.98 Å². The highest BCUT2D eigenvalue weighted by molar-refractivity contribution is 7.07. The molecule has 0 saturated heterocycles. The maximum atomic E-state index is 12.4. The molecule has 0 fully saturated rings. The van der Waals surface area contributed by atoms with E-state index in [2.05, 4.69) is 10.3 Å². The van der Waals surface area contributed by atoms with Crippen molar-refractivity contribution in [2.24, 2.45) is 0 Å². The fraction of sp³-hybridized carbons (Fsp3) is 0.105. The summed E-state index contributed by atoms with van der Waals surface area (Å²) in [6.07, 6.45) is 0. The standard InChI is InChI=1S/C19H16N2O3S/c1-13(22)14-5-7-16(8-6-14)21-19(23)15-3-2-4-18(9-15)24-10-17-11-25-12-20-17/h2-9,11-12H,10H2,1H3,(H,21,23). The Balaban J connectivity index is 1.65. The highest BCUT2D eigenvalue weighted by Gasteiger charge is 2.08. The van der Waals surface area contributed by atoms with Gasteiger partial charge in [-0.05, 0) is 49.4 Å². The topological polar surface area (TPSA) is 68.3 Å². The second-order valence-electron chi connectivity index (χ2n) is 5.38. The van der Waals surface area contributed by atoms with Gasteiger partial charge in [-0.2, -0.15) is 0 Å². The van der Waals surface area contributed by atoms with Crippen LogP contribution in [0.25, 0.3) is 0 Å². The molecule has 5 nitrogen and oxygen atoms in total. The third-order valence-electron chi connectivity index (χ3n) is 3.52. The van der Waals surface area contributed by atoms with E-state index < -0.39 is 0 Å². The van der Waals surface area contributed by atoms with E-state index in [0.29, 0.717) is 29.2 Å². The number of carbonyl (C=O) groups is 2. The second kappa shape index (κ2) is 7.72. The Bertz CT molecular complexity index is 874. The van der Waals surface area contributed by atoms with Crippen LogP contribution in [0.1, 0.15) is 33.3 Å². The van der Waals surface area contributed by atoms with Crippen LogP contribution in [0, 0.1) is 0 Å². The molecule has 0 aliphatic heterocycles. The summed E-state index contributed by atoms with van der Waals surface area (Å²) in [5, 5.41) is 4.72. The number of ketones is 1. The Morgan fingerprint density at radius 2 is 1.92 bits per heavy atom. The lowest BCUT2D eigenvalue weighted by atomic mass is 10.1. The average Bonchev–Trinajstić information content (AvgIpc) is 3.14. The first kappa shape index (κ1) is 16.9. The zero-order valence-electron chi connectivity index (χ0n) is 13.6. The molecule has 0 atom stereocenters. The number of thiazole rings is 1. The van der Waals surface area contributed by atoms with Crippen LogP contribution in [0.2, 0.25) is 0 Å². The first-order valence-corrected chi connectivity index (χ1v) is 8.58. The average molecular weight is 352 g/mol. The monoisotopic (exact) mass is 352 g/mol. The molecule has 1 aromatic heterocycles. The quantitative estimate of drug-likeness (QED) is 0.676. The molecule has 0 aliphatic rings. The number of ether oxygens (including phenoxy) is 1. The fourth-order valence-corrected chi connectivity index (χ4v) is 2.73. The smallest absolute Gasteiger partial charge is 0.255 e. The highest BCUT2D eigenvalue weighted by Crippen LogP contribution is 2.17. The lowest BCUT2D eigenvalue weighted by molar-refractivity contribution is 0.101. The van der Waals surface area contributed by atoms with Gasteiger partial charge in [0.25, 0.3) is 5.91 Å². The van der Waals surface area contributed by atoms with Crippen LogP contribution in [-0.2, 0) is 6.61 Å². The largest absolute Gasteiger partial charge is 0.487 e. The van der Waals surface area contributed by atoms with Crippen molar-refractivity contribution in [3.05, 3.63) is 76.2 Å². The van der Waals surface area contributed by atoms with Gasteiger partial charge in [-0.1, -0.05) is 6.07 Å². The summed E-state index contributed by atoms with van der Waals surface area (Å²) in [7, 11) is 0. The predicted molar refractivity (Wildman–Crippen MR) is 97.3 cm³/mol. The molecular weight excluding hydrogens is 336 g/mol. The highest BCUT2D eigenvalue weighted by atomic mass is 32.1. The van der Waals surface area contributed by atoms with E-state index in [1.165, 1.54) is 18.3 Å². The molecule has 0 saturated carbocycles. The van der Waals surface area contributed by atoms with Crippen LogP contribution in [0.3, 0.4) is 0 Å². The van der Waals surface area contributed by atoms with E-state index in [0.717, 1.165) is 5.69 Å². The maximum Gasteiger partial charge on any atom is 0.255 e. The summed E-state index contributed by atoms with van der Waals surface area (Å²) < 4.78 is 5.66. The van der Waals surface area contributed by atoms with Crippen molar-refractivity contribution in [3.63, 3.8) is 0 Å². The van der Waals surface area contributed by atoms with E-state index in [1.807, 2.05) is 5.38 Å². The molecule has 25 heavy (non-hydrogen) atoms. The summed E-state index contributed by atoms with van der Waals surface area (Å²) in [5.74, 6) is 0.352. The summed E-state index contributed by atoms with van der Waals surface area (Å²) >= 11 is 1.51. The first-order valence-electron chi connectivity index (χ1n) is 7.64. The molecule has 0 aliphatic carbocycles. The van der Waals surface area contributed by atoms with Gasteiger partial charge in [-0.3, -0.25) is 9.59 Å². The number of aromatic nitrogens is 1. The lowest BCUT2D eigenvalue weighted by Gasteiger charge is -2.08. The third-order valence-corrected chi connectivity index (χ3v) is 4.15. The van der Waals surface area contributed by atoms with Gasteiger partial charge in [0.1, 0.15) is 12.4 Å². The van der Waals surface area contributed by atoms with Gasteiger partial charge in [0.05, 0.1) is 11.2 Å². The molecule has 2 aromatic carbocycles. The lowest BCUT2D eigenvalue weighted by Crippen LogP contribution is -2.12. The predicted octanol–water partition coefficient (Wildman–Crippen LogP) is 4.18. The van der Waals surface area contributed by atoms with Gasteiger partial charge in [0.15, 0.2) is 5.78 Å². The number of benzene rings is 2. The Morgan fingerprint density at radius 3 is 2.60 bits per heavy atom. The van der Waals surface area contributed by atoms with Gasteiger partial charge in [0, 0.05) is 22.2 Å². The van der Waals surface area contributed by atoms with Crippen LogP contribution in [0.15, 0.2) is 59.4 Å². The van der Waals surface area contributed by atoms with Gasteiger partial charge < -0.3 is 10.1 Å². The minimum absolute atomic E-state index is 0.0113. The number of anilines is 1. The Hall–Kier alpha value is -2.99. The van der Waals surface area contributed by atoms with E-state index in [-0.39, 0.29) is 11.7 Å². The normalized spacial score (nSPS) is 10.3. The molecular formula is C19H16N2O3S. The van der Waals surface area contributed by atoms with Crippen LogP contribution in [0.5, 0.6) is 5.75 Å². The minimum Gasteiger partial charge on any atom is -0.487 e. The molecule has 1 heterocycles. The summed E-state index contributed by atoms with van der Waals surface area (Å²) in [6.45, 7) is 1.87. The number of nitrogens with one attached hydrogen (secondary N) is 1. The van der Waals surface area contributed by atoms with Gasteiger partial charge in [0.2, 0.25) is 0 Å². The number of carbonyl (C=O) groups excluding carboxylic acids is 2. The molecule has 1 N–H and O–H groups in total. The van der Waals surface area contributed by atoms with Crippen LogP contribution in [0.4, 0.5) is 5.69 Å². The van der Waals surface area contributed by atoms with Crippen LogP contribution in [-0.4, -0.2) is 16.7 Å². The van der Waals surface area contributed by atoms with E-state index in [4.69, 9.17) is 4.74 Å². The van der Waals surface area contributed by atoms with Crippen molar-refractivity contribution in [1.82, 2.24) is 4.98 Å². The van der Waals surface area contributed by atoms with Crippen molar-refractivity contribution in [2.45, 2.75) is 13.5 Å². The van der Waals surface area contributed by atoms with Crippen molar-refractivity contribution < 1.29 is 14.3 Å². The molecule has 0 unspecified atom stereocenters. The summed E-state index contributed by atoms with van der Waals surface area (Å²) in [5.41, 5.74) is 4.33. The first-order chi connectivity index (χ1) is 12.1. The third kappa shape index (κ3) is 4.51. The maximum absolute atomic E-state index is 12.4. The number of hydrogen-bond acceptors (Lipinski definition) is 5. The second-order valence-corrected chi connectivity index (χ2v) is 6.10. The summed E-state index contributed by atoms with van der Waals surface area (Å²) in [4.78, 5) is 27.8. The number of Topliss-reactive ketones (excluding diaryl/α,β-unsaturated/α-hetero) is 1.